The summed E-state index contributed by atoms with van der Waals surface area (Å²) in [5, 5.41) is 14.1. The van der Waals surface area contributed by atoms with Crippen LogP contribution in [0.2, 0.25) is 0 Å². The highest BCUT2D eigenvalue weighted by Crippen LogP contribution is 2.35. The molecule has 1 aromatic heterocycles. The molecule has 0 atom stereocenters. The molecule has 0 bridgehead atoms. The number of hydrogen-bond donors (Lipinski definition) is 2. The molecule has 2 aromatic rings. The highest BCUT2D eigenvalue weighted by atomic mass is 19.4. The number of aliphatic imine (C=N–C) groups is 1. The van der Waals surface area contributed by atoms with Gasteiger partial charge >= 0.3 is 6.18 Å². The molecule has 0 unspecified atom stereocenters. The van der Waals surface area contributed by atoms with Crippen LogP contribution >= 0.6 is 0 Å². The number of guanidine groups is 1. The Bertz CT molecular complexity index is 871. The molecule has 2 rings (SSSR count). The van der Waals surface area contributed by atoms with Crippen LogP contribution < -0.4 is 15.4 Å². The van der Waals surface area contributed by atoms with Crippen molar-refractivity contribution in [1.82, 2.24) is 25.4 Å². The van der Waals surface area contributed by atoms with Gasteiger partial charge in [-0.05, 0) is 45.4 Å². The van der Waals surface area contributed by atoms with Crippen LogP contribution in [0, 0.1) is 0 Å². The van der Waals surface area contributed by atoms with Crippen molar-refractivity contribution in [3.63, 3.8) is 0 Å². The van der Waals surface area contributed by atoms with Crippen LogP contribution in [0.1, 0.15) is 51.6 Å². The van der Waals surface area contributed by atoms with Crippen LogP contribution in [0.3, 0.4) is 0 Å². The van der Waals surface area contributed by atoms with Crippen molar-refractivity contribution >= 4 is 5.96 Å². The fourth-order valence-electron chi connectivity index (χ4n) is 2.91. The van der Waals surface area contributed by atoms with E-state index in [1.165, 1.54) is 6.07 Å². The van der Waals surface area contributed by atoms with Gasteiger partial charge in [-0.25, -0.2) is 4.99 Å². The number of aromatic nitrogens is 3. The minimum atomic E-state index is -4.50. The first-order valence-corrected chi connectivity index (χ1v) is 10.3. The van der Waals surface area contributed by atoms with Gasteiger partial charge in [0.25, 0.3) is 0 Å². The molecule has 0 aliphatic heterocycles. The zero-order chi connectivity index (χ0) is 23.1. The second-order valence-corrected chi connectivity index (χ2v) is 7.95. The van der Waals surface area contributed by atoms with Crippen molar-refractivity contribution in [3.05, 3.63) is 41.5 Å². The van der Waals surface area contributed by atoms with Crippen molar-refractivity contribution in [1.29, 1.82) is 0 Å². The van der Waals surface area contributed by atoms with Crippen molar-refractivity contribution in [3.8, 4) is 5.75 Å². The number of hydrogen-bond acceptors (Lipinski definition) is 4. The lowest BCUT2D eigenvalue weighted by Crippen LogP contribution is -2.39. The summed E-state index contributed by atoms with van der Waals surface area (Å²) in [7, 11) is 0. The molecule has 7 nitrogen and oxygen atoms in total. The van der Waals surface area contributed by atoms with E-state index in [2.05, 4.69) is 25.8 Å². The van der Waals surface area contributed by atoms with Gasteiger partial charge in [-0.1, -0.05) is 13.0 Å². The van der Waals surface area contributed by atoms with Gasteiger partial charge in [0.15, 0.2) is 5.96 Å². The fourth-order valence-corrected chi connectivity index (χ4v) is 2.91. The van der Waals surface area contributed by atoms with E-state index in [1.54, 1.807) is 33.2 Å². The van der Waals surface area contributed by atoms with E-state index in [0.717, 1.165) is 18.3 Å². The number of nitrogens with one attached hydrogen (secondary N) is 2. The van der Waals surface area contributed by atoms with Crippen LogP contribution in [0.4, 0.5) is 13.2 Å². The Morgan fingerprint density at radius 3 is 2.52 bits per heavy atom. The Hall–Kier alpha value is -2.78. The van der Waals surface area contributed by atoms with Crippen molar-refractivity contribution in [2.75, 3.05) is 13.1 Å². The normalized spacial score (nSPS) is 12.7. The van der Waals surface area contributed by atoms with E-state index in [4.69, 9.17) is 4.74 Å². The summed E-state index contributed by atoms with van der Waals surface area (Å²) in [6, 6.07) is 4.00. The lowest BCUT2D eigenvalue weighted by molar-refractivity contribution is -0.138. The summed E-state index contributed by atoms with van der Waals surface area (Å²) in [5.74, 6) is 1.49. The molecule has 0 aliphatic carbocycles. The summed E-state index contributed by atoms with van der Waals surface area (Å²) in [5.41, 5.74) is -1.25. The molecular formula is C21H31F3N6O. The number of rotatable bonds is 8. The standard InChI is InChI=1S/C21H31F3N6O/c1-6-18-29-28-14-30(18)11-10-26-19(25-7-2)27-13-15-8-9-16(31-20(3,4)5)12-17(15)21(22,23)24/h8-9,12,14H,6-7,10-11,13H2,1-5H3,(H2,25,26,27). The summed E-state index contributed by atoms with van der Waals surface area (Å²) in [6.07, 6.45) is -2.08. The first-order valence-electron chi connectivity index (χ1n) is 10.3. The third kappa shape index (κ3) is 7.76. The molecular weight excluding hydrogens is 409 g/mol. The summed E-state index contributed by atoms with van der Waals surface area (Å²) >= 11 is 0. The maximum Gasteiger partial charge on any atom is 0.416 e. The molecule has 0 radical (unpaired) electrons. The topological polar surface area (TPSA) is 76.4 Å². The second-order valence-electron chi connectivity index (χ2n) is 7.95. The van der Waals surface area contributed by atoms with Crippen LogP contribution in [0.15, 0.2) is 29.5 Å². The molecule has 31 heavy (non-hydrogen) atoms. The number of benzene rings is 1. The summed E-state index contributed by atoms with van der Waals surface area (Å²) in [6.45, 7) is 10.9. The number of alkyl halides is 3. The maximum atomic E-state index is 13.6. The zero-order valence-corrected chi connectivity index (χ0v) is 18.7. The number of nitrogens with zero attached hydrogens (tertiary/aromatic N) is 4. The minimum absolute atomic E-state index is 0.0815. The third-order valence-corrected chi connectivity index (χ3v) is 4.22. The molecule has 0 saturated carbocycles. The predicted molar refractivity (Wildman–Crippen MR) is 114 cm³/mol. The average molecular weight is 441 g/mol. The monoisotopic (exact) mass is 440 g/mol. The largest absolute Gasteiger partial charge is 0.488 e. The lowest BCUT2D eigenvalue weighted by atomic mass is 10.1. The molecule has 172 valence electrons. The van der Waals surface area contributed by atoms with Gasteiger partial charge < -0.3 is 19.9 Å². The second kappa shape index (κ2) is 10.5. The van der Waals surface area contributed by atoms with Gasteiger partial charge in [-0.15, -0.1) is 10.2 Å². The quantitative estimate of drug-likeness (QED) is 0.483. The average Bonchev–Trinajstić information content (AvgIpc) is 3.12. The smallest absolute Gasteiger partial charge is 0.416 e. The highest BCUT2D eigenvalue weighted by Gasteiger charge is 2.34. The Morgan fingerprint density at radius 2 is 1.90 bits per heavy atom. The third-order valence-electron chi connectivity index (χ3n) is 4.22. The highest BCUT2D eigenvalue weighted by molar-refractivity contribution is 5.79. The number of ether oxygens (including phenoxy) is 1. The van der Waals surface area contributed by atoms with Gasteiger partial charge in [0.1, 0.15) is 23.5 Å². The van der Waals surface area contributed by atoms with E-state index in [9.17, 15) is 13.2 Å². The molecule has 0 spiro atoms. The number of aryl methyl sites for hydroxylation is 1. The molecule has 1 aromatic carbocycles. The minimum Gasteiger partial charge on any atom is -0.488 e. The zero-order valence-electron chi connectivity index (χ0n) is 18.7. The van der Waals surface area contributed by atoms with Crippen LogP contribution in [-0.4, -0.2) is 39.4 Å². The van der Waals surface area contributed by atoms with Gasteiger partial charge in [0, 0.05) is 26.1 Å². The number of halogens is 3. The van der Waals surface area contributed by atoms with E-state index in [1.807, 2.05) is 18.4 Å². The fraction of sp³-hybridized carbons (Fsp3) is 0.571. The maximum absolute atomic E-state index is 13.6. The van der Waals surface area contributed by atoms with Gasteiger partial charge in [0.05, 0.1) is 12.1 Å². The van der Waals surface area contributed by atoms with E-state index in [0.29, 0.717) is 25.6 Å². The molecule has 0 aliphatic rings. The van der Waals surface area contributed by atoms with Gasteiger partial charge in [-0.3, -0.25) is 0 Å². The van der Waals surface area contributed by atoms with E-state index >= 15 is 0 Å². The Balaban J connectivity index is 2.13. The van der Waals surface area contributed by atoms with Gasteiger partial charge in [0.2, 0.25) is 0 Å². The lowest BCUT2D eigenvalue weighted by Gasteiger charge is -2.22. The first kappa shape index (κ1) is 24.5. The molecule has 0 saturated heterocycles. The molecule has 0 fully saturated rings. The van der Waals surface area contributed by atoms with Crippen molar-refractivity contribution in [2.24, 2.45) is 4.99 Å². The Morgan fingerprint density at radius 1 is 1.16 bits per heavy atom. The van der Waals surface area contributed by atoms with E-state index < -0.39 is 17.3 Å². The molecule has 2 N–H and O–H groups in total. The molecule has 1 heterocycles. The Kier molecular flexibility index (Phi) is 8.29. The molecule has 10 heteroatoms. The Labute approximate surface area is 181 Å². The summed E-state index contributed by atoms with van der Waals surface area (Å²) in [4.78, 5) is 4.34. The van der Waals surface area contributed by atoms with E-state index in [-0.39, 0.29) is 17.9 Å². The van der Waals surface area contributed by atoms with Crippen molar-refractivity contribution < 1.29 is 17.9 Å². The van der Waals surface area contributed by atoms with Crippen molar-refractivity contribution in [2.45, 2.75) is 65.9 Å². The van der Waals surface area contributed by atoms with Crippen LogP contribution in [0.5, 0.6) is 5.75 Å². The summed E-state index contributed by atoms with van der Waals surface area (Å²) < 4.78 is 48.4. The van der Waals surface area contributed by atoms with Crippen LogP contribution in [0.25, 0.3) is 0 Å². The first-order chi connectivity index (χ1) is 14.5. The molecule has 0 amide bonds. The van der Waals surface area contributed by atoms with Gasteiger partial charge in [-0.2, -0.15) is 13.2 Å². The predicted octanol–water partition coefficient (Wildman–Crippen LogP) is 3.79. The van der Waals surface area contributed by atoms with Crippen LogP contribution in [-0.2, 0) is 25.7 Å². The SMILES string of the molecule is CCNC(=NCc1ccc(OC(C)(C)C)cc1C(F)(F)F)NCCn1cnnc1CC.